The van der Waals surface area contributed by atoms with Crippen LogP contribution in [0.3, 0.4) is 0 Å². The number of hydrogen-bond donors (Lipinski definition) is 1. The van der Waals surface area contributed by atoms with Gasteiger partial charge in [0.25, 0.3) is 0 Å². The van der Waals surface area contributed by atoms with Crippen molar-refractivity contribution in [3.63, 3.8) is 0 Å². The molecule has 0 spiro atoms. The Morgan fingerprint density at radius 1 is 1.32 bits per heavy atom. The Morgan fingerprint density at radius 3 is 2.89 bits per heavy atom. The van der Waals surface area contributed by atoms with E-state index in [0.29, 0.717) is 18.8 Å². The number of likely N-dealkylation sites (N-methyl/N-ethyl adjacent to an activating group) is 1. The van der Waals surface area contributed by atoms with Crippen LogP contribution in [-0.2, 0) is 4.79 Å². The summed E-state index contributed by atoms with van der Waals surface area (Å²) in [7, 11) is 1.92. The summed E-state index contributed by atoms with van der Waals surface area (Å²) in [5, 5.41) is 0. The van der Waals surface area contributed by atoms with E-state index in [4.69, 9.17) is 15.2 Å². The maximum absolute atomic E-state index is 12.4. The van der Waals surface area contributed by atoms with Crippen molar-refractivity contribution in [2.24, 2.45) is 5.73 Å². The van der Waals surface area contributed by atoms with E-state index in [2.05, 4.69) is 0 Å². The van der Waals surface area contributed by atoms with Crippen LogP contribution >= 0.6 is 0 Å². The van der Waals surface area contributed by atoms with Gasteiger partial charge in [-0.25, -0.2) is 0 Å². The minimum absolute atomic E-state index is 0.0371. The van der Waals surface area contributed by atoms with Crippen LogP contribution < -0.4 is 20.1 Å². The number of amides is 1. The van der Waals surface area contributed by atoms with Gasteiger partial charge >= 0.3 is 0 Å². The lowest BCUT2D eigenvalue weighted by atomic mass is 10.1. The second-order valence-electron chi connectivity index (χ2n) is 4.76. The lowest BCUT2D eigenvalue weighted by Gasteiger charge is -2.38. The summed E-state index contributed by atoms with van der Waals surface area (Å²) in [6.45, 7) is 2.03. The minimum Gasteiger partial charge on any atom is -0.454 e. The molecule has 0 bridgehead atoms. The number of nitrogens with two attached hydrogens (primary N) is 1. The molecule has 1 fully saturated rings. The van der Waals surface area contributed by atoms with Crippen LogP contribution in [0.25, 0.3) is 0 Å². The highest BCUT2D eigenvalue weighted by molar-refractivity contribution is 5.98. The van der Waals surface area contributed by atoms with Gasteiger partial charge in [0.05, 0.1) is 0 Å². The summed E-state index contributed by atoms with van der Waals surface area (Å²) >= 11 is 0. The fraction of sp³-hybridized carbons (Fsp3) is 0.462. The zero-order valence-corrected chi connectivity index (χ0v) is 10.8. The van der Waals surface area contributed by atoms with Gasteiger partial charge in [-0.2, -0.15) is 0 Å². The highest BCUT2D eigenvalue weighted by Gasteiger charge is 2.32. The Labute approximate surface area is 111 Å². The smallest absolute Gasteiger partial charge is 0.245 e. The molecule has 3 rings (SSSR count). The van der Waals surface area contributed by atoms with Gasteiger partial charge in [-0.1, -0.05) is 0 Å². The molecule has 1 aromatic rings. The summed E-state index contributed by atoms with van der Waals surface area (Å²) in [6, 6.07) is 5.31. The number of fused-ring (bicyclic) bond motifs is 1. The summed E-state index contributed by atoms with van der Waals surface area (Å²) < 4.78 is 10.6. The first kappa shape index (κ1) is 12.3. The van der Waals surface area contributed by atoms with Gasteiger partial charge in [0, 0.05) is 31.4 Å². The third kappa shape index (κ3) is 2.02. The maximum Gasteiger partial charge on any atom is 0.245 e. The van der Waals surface area contributed by atoms with Crippen molar-refractivity contribution in [1.82, 2.24) is 4.90 Å². The van der Waals surface area contributed by atoms with Crippen LogP contribution in [0.15, 0.2) is 18.2 Å². The largest absolute Gasteiger partial charge is 0.454 e. The normalized spacial score (nSPS) is 22.9. The molecule has 0 aromatic heterocycles. The number of ether oxygens (including phenoxy) is 2. The zero-order valence-electron chi connectivity index (χ0n) is 10.8. The first-order valence-electron chi connectivity index (χ1n) is 6.32. The molecule has 0 saturated carbocycles. The van der Waals surface area contributed by atoms with Crippen molar-refractivity contribution in [2.75, 3.05) is 38.4 Å². The van der Waals surface area contributed by atoms with Gasteiger partial charge < -0.3 is 20.1 Å². The first-order valence-corrected chi connectivity index (χ1v) is 6.32. The van der Waals surface area contributed by atoms with Gasteiger partial charge in [-0.15, -0.1) is 0 Å². The molecule has 0 radical (unpaired) electrons. The summed E-state index contributed by atoms with van der Waals surface area (Å²) in [5.41, 5.74) is 6.51. The molecule has 6 nitrogen and oxygen atoms in total. The number of nitrogens with zero attached hydrogens (tertiary/aromatic N) is 2. The molecule has 2 N–H and O–H groups in total. The fourth-order valence-corrected chi connectivity index (χ4v) is 2.48. The Hall–Kier alpha value is -1.79. The Morgan fingerprint density at radius 2 is 2.11 bits per heavy atom. The molecule has 6 heteroatoms. The van der Waals surface area contributed by atoms with Crippen LogP contribution in [0.2, 0.25) is 0 Å². The van der Waals surface area contributed by atoms with Crippen molar-refractivity contribution in [2.45, 2.75) is 6.04 Å². The van der Waals surface area contributed by atoms with E-state index in [9.17, 15) is 4.79 Å². The molecule has 1 aromatic carbocycles. The van der Waals surface area contributed by atoms with Crippen LogP contribution in [0.1, 0.15) is 0 Å². The molecule has 1 unspecified atom stereocenters. The van der Waals surface area contributed by atoms with E-state index in [1.54, 1.807) is 4.90 Å². The molecule has 2 aliphatic heterocycles. The van der Waals surface area contributed by atoms with Gasteiger partial charge in [0.1, 0.15) is 6.04 Å². The molecule has 0 aliphatic carbocycles. The lowest BCUT2D eigenvalue weighted by Crippen LogP contribution is -2.58. The van der Waals surface area contributed by atoms with E-state index >= 15 is 0 Å². The average Bonchev–Trinajstić information content (AvgIpc) is 2.86. The van der Waals surface area contributed by atoms with Crippen LogP contribution in [0.4, 0.5) is 5.69 Å². The van der Waals surface area contributed by atoms with Gasteiger partial charge in [0.15, 0.2) is 11.5 Å². The second-order valence-corrected chi connectivity index (χ2v) is 4.76. The molecule has 1 saturated heterocycles. The van der Waals surface area contributed by atoms with E-state index in [1.807, 2.05) is 30.1 Å². The topological polar surface area (TPSA) is 68.0 Å². The number of carbonyl (C=O) groups excluding carboxylic acids is 1. The lowest BCUT2D eigenvalue weighted by molar-refractivity contribution is -0.124. The molecule has 1 amide bonds. The minimum atomic E-state index is -0.251. The third-order valence-electron chi connectivity index (χ3n) is 3.65. The van der Waals surface area contributed by atoms with Crippen LogP contribution in [0, 0.1) is 0 Å². The van der Waals surface area contributed by atoms with Crippen molar-refractivity contribution in [3.8, 4) is 11.5 Å². The molecular formula is C13H17N3O3. The number of hydrogen-bond acceptors (Lipinski definition) is 5. The monoisotopic (exact) mass is 263 g/mol. The quantitative estimate of drug-likeness (QED) is 0.815. The van der Waals surface area contributed by atoms with E-state index in [0.717, 1.165) is 18.0 Å². The van der Waals surface area contributed by atoms with Crippen molar-refractivity contribution >= 4 is 11.6 Å². The molecule has 1 atom stereocenters. The van der Waals surface area contributed by atoms with E-state index < -0.39 is 0 Å². The van der Waals surface area contributed by atoms with Gasteiger partial charge in [-0.3, -0.25) is 9.69 Å². The van der Waals surface area contributed by atoms with Crippen molar-refractivity contribution in [3.05, 3.63) is 18.2 Å². The number of benzene rings is 1. The second kappa shape index (κ2) is 4.71. The Balaban J connectivity index is 1.87. The summed E-state index contributed by atoms with van der Waals surface area (Å²) in [5.74, 6) is 1.45. The predicted octanol–water partition coefficient (Wildman–Crippen LogP) is 0.0210. The standard InChI is InChI=1S/C13H17N3O3/c1-15-4-5-16(13(17)10(15)7-14)9-2-3-11-12(6-9)19-8-18-11/h2-3,6,10H,4-5,7-8,14H2,1H3. The fourth-order valence-electron chi connectivity index (χ4n) is 2.48. The molecular weight excluding hydrogens is 246 g/mol. The molecule has 2 heterocycles. The number of rotatable bonds is 2. The van der Waals surface area contributed by atoms with Crippen molar-refractivity contribution in [1.29, 1.82) is 0 Å². The van der Waals surface area contributed by atoms with Crippen LogP contribution in [-0.4, -0.2) is 50.3 Å². The highest BCUT2D eigenvalue weighted by atomic mass is 16.7. The number of anilines is 1. The summed E-state index contributed by atoms with van der Waals surface area (Å²) in [4.78, 5) is 16.2. The summed E-state index contributed by atoms with van der Waals surface area (Å²) in [6.07, 6.45) is 0. The predicted molar refractivity (Wildman–Crippen MR) is 70.4 cm³/mol. The van der Waals surface area contributed by atoms with Gasteiger partial charge in [0.2, 0.25) is 12.7 Å². The van der Waals surface area contributed by atoms with E-state index in [-0.39, 0.29) is 18.7 Å². The van der Waals surface area contributed by atoms with Gasteiger partial charge in [-0.05, 0) is 19.2 Å². The highest BCUT2D eigenvalue weighted by Crippen LogP contribution is 2.36. The first-order chi connectivity index (χ1) is 9.20. The van der Waals surface area contributed by atoms with Crippen LogP contribution in [0.5, 0.6) is 11.5 Å². The SMILES string of the molecule is CN1CCN(c2ccc3c(c2)OCO3)C(=O)C1CN. The Kier molecular flexibility index (Phi) is 3.04. The number of carbonyl (C=O) groups is 1. The average molecular weight is 263 g/mol. The zero-order chi connectivity index (χ0) is 13.4. The maximum atomic E-state index is 12.4. The van der Waals surface area contributed by atoms with E-state index in [1.165, 1.54) is 0 Å². The molecule has 19 heavy (non-hydrogen) atoms. The van der Waals surface area contributed by atoms with Crippen molar-refractivity contribution < 1.29 is 14.3 Å². The molecule has 102 valence electrons. The number of piperazine rings is 1. The third-order valence-corrected chi connectivity index (χ3v) is 3.65. The molecule has 2 aliphatic rings. The Bertz CT molecular complexity index is 506.